The molecule has 0 amide bonds. The molecule has 0 aliphatic heterocycles. The third kappa shape index (κ3) is 2.82. The molecule has 0 atom stereocenters. The van der Waals surface area contributed by atoms with Gasteiger partial charge < -0.3 is 9.15 Å². The predicted octanol–water partition coefficient (Wildman–Crippen LogP) is 5.66. The number of methoxy groups -OCH3 is 1. The fourth-order valence-corrected chi connectivity index (χ4v) is 3.52. The number of hydrogen-bond acceptors (Lipinski definition) is 3. The van der Waals surface area contributed by atoms with Gasteiger partial charge in [0.1, 0.15) is 5.76 Å². The van der Waals surface area contributed by atoms with Gasteiger partial charge in [0.2, 0.25) is 0 Å². The molecule has 0 saturated heterocycles. The first-order chi connectivity index (χ1) is 11.8. The molecule has 0 N–H and O–H groups in total. The van der Waals surface area contributed by atoms with Crippen LogP contribution in [-0.2, 0) is 0 Å². The van der Waals surface area contributed by atoms with Crippen molar-refractivity contribution in [3.8, 4) is 5.75 Å². The van der Waals surface area contributed by atoms with Crippen LogP contribution in [0.2, 0.25) is 0 Å². The molecule has 3 aromatic rings. The molecule has 2 aromatic heterocycles. The number of pyridine rings is 1. The minimum Gasteiger partial charge on any atom is -0.493 e. The number of nitrogens with zero attached hydrogens (tertiary/aromatic N) is 1. The molecule has 0 spiro atoms. The monoisotopic (exact) mass is 319 g/mol. The Balaban J connectivity index is 1.76. The number of hydrogen-bond donors (Lipinski definition) is 0. The molecular weight excluding hydrogens is 298 g/mol. The van der Waals surface area contributed by atoms with Crippen LogP contribution in [0.5, 0.6) is 5.75 Å². The SMILES string of the molecule is COc1ccc(C=Cc2ccncc2)c2cc(C3CCCC3)oc12. The molecule has 1 fully saturated rings. The standard InChI is InChI=1S/C21H21NO2/c1-23-19-9-8-16(7-6-15-10-12-22-13-11-15)18-14-20(24-21(18)19)17-4-2-3-5-17/h6-14,17H,2-5H2,1H3. The maximum atomic E-state index is 6.20. The van der Waals surface area contributed by atoms with Gasteiger partial charge in [0, 0.05) is 23.7 Å². The van der Waals surface area contributed by atoms with Gasteiger partial charge >= 0.3 is 0 Å². The Bertz CT molecular complexity index is 858. The van der Waals surface area contributed by atoms with Crippen molar-refractivity contribution >= 4 is 23.1 Å². The van der Waals surface area contributed by atoms with E-state index in [0.29, 0.717) is 5.92 Å². The van der Waals surface area contributed by atoms with Crippen LogP contribution in [0.3, 0.4) is 0 Å². The normalized spacial score (nSPS) is 15.5. The van der Waals surface area contributed by atoms with Gasteiger partial charge in [0.25, 0.3) is 0 Å². The van der Waals surface area contributed by atoms with Gasteiger partial charge in [0.15, 0.2) is 11.3 Å². The number of aromatic nitrogens is 1. The van der Waals surface area contributed by atoms with Gasteiger partial charge in [-0.3, -0.25) is 4.98 Å². The Morgan fingerprint density at radius 2 is 1.88 bits per heavy atom. The lowest BCUT2D eigenvalue weighted by Gasteiger charge is -2.04. The summed E-state index contributed by atoms with van der Waals surface area (Å²) in [6.07, 6.45) is 12.9. The molecule has 0 radical (unpaired) electrons. The third-order valence-electron chi connectivity index (χ3n) is 4.84. The topological polar surface area (TPSA) is 35.3 Å². The summed E-state index contributed by atoms with van der Waals surface area (Å²) >= 11 is 0. The molecule has 0 unspecified atom stereocenters. The zero-order chi connectivity index (χ0) is 16.4. The van der Waals surface area contributed by atoms with Crippen LogP contribution in [0, 0.1) is 0 Å². The molecule has 1 aliphatic rings. The Labute approximate surface area is 142 Å². The lowest BCUT2D eigenvalue weighted by molar-refractivity contribution is 0.404. The molecule has 1 aromatic carbocycles. The van der Waals surface area contributed by atoms with Gasteiger partial charge in [-0.1, -0.05) is 31.1 Å². The van der Waals surface area contributed by atoms with Crippen molar-refractivity contribution in [1.29, 1.82) is 0 Å². The van der Waals surface area contributed by atoms with Crippen LogP contribution in [0.1, 0.15) is 48.5 Å². The van der Waals surface area contributed by atoms with E-state index in [1.54, 1.807) is 19.5 Å². The van der Waals surface area contributed by atoms with Gasteiger partial charge in [-0.25, -0.2) is 0 Å². The quantitative estimate of drug-likeness (QED) is 0.622. The Kier molecular flexibility index (Phi) is 4.08. The number of fused-ring (bicyclic) bond motifs is 1. The second-order valence-electron chi connectivity index (χ2n) is 6.34. The summed E-state index contributed by atoms with van der Waals surface area (Å²) in [4.78, 5) is 4.05. The van der Waals surface area contributed by atoms with E-state index in [1.807, 2.05) is 18.2 Å². The van der Waals surface area contributed by atoms with Gasteiger partial charge in [-0.2, -0.15) is 0 Å². The summed E-state index contributed by atoms with van der Waals surface area (Å²) in [6, 6.07) is 10.3. The van der Waals surface area contributed by atoms with Crippen molar-refractivity contribution in [3.05, 3.63) is 59.6 Å². The van der Waals surface area contributed by atoms with Crippen molar-refractivity contribution in [2.45, 2.75) is 31.6 Å². The second-order valence-corrected chi connectivity index (χ2v) is 6.34. The van der Waals surface area contributed by atoms with Crippen molar-refractivity contribution < 1.29 is 9.15 Å². The highest BCUT2D eigenvalue weighted by Gasteiger charge is 2.22. The number of benzene rings is 1. The average Bonchev–Trinajstić information content (AvgIpc) is 3.29. The first-order valence-electron chi connectivity index (χ1n) is 8.53. The van der Waals surface area contributed by atoms with Crippen LogP contribution in [-0.4, -0.2) is 12.1 Å². The molecule has 3 nitrogen and oxygen atoms in total. The number of furan rings is 1. The van der Waals surface area contributed by atoms with E-state index in [4.69, 9.17) is 9.15 Å². The molecule has 1 saturated carbocycles. The zero-order valence-electron chi connectivity index (χ0n) is 13.9. The van der Waals surface area contributed by atoms with E-state index in [9.17, 15) is 0 Å². The van der Waals surface area contributed by atoms with Gasteiger partial charge in [-0.15, -0.1) is 0 Å². The Morgan fingerprint density at radius 3 is 2.62 bits per heavy atom. The second kappa shape index (κ2) is 6.52. The number of ether oxygens (including phenoxy) is 1. The van der Waals surface area contributed by atoms with Crippen molar-refractivity contribution in [2.24, 2.45) is 0 Å². The highest BCUT2D eigenvalue weighted by Crippen LogP contribution is 2.40. The van der Waals surface area contributed by atoms with E-state index in [2.05, 4.69) is 29.3 Å². The van der Waals surface area contributed by atoms with E-state index < -0.39 is 0 Å². The fourth-order valence-electron chi connectivity index (χ4n) is 3.52. The fraction of sp³-hybridized carbons (Fsp3) is 0.286. The minimum absolute atomic E-state index is 0.555. The van der Waals surface area contributed by atoms with E-state index in [1.165, 1.54) is 25.7 Å². The zero-order valence-corrected chi connectivity index (χ0v) is 13.9. The third-order valence-corrected chi connectivity index (χ3v) is 4.84. The van der Waals surface area contributed by atoms with Gasteiger partial charge in [-0.05, 0) is 48.2 Å². The molecule has 0 bridgehead atoms. The van der Waals surface area contributed by atoms with E-state index in [-0.39, 0.29) is 0 Å². The molecular formula is C21H21NO2. The summed E-state index contributed by atoms with van der Waals surface area (Å²) in [6.45, 7) is 0. The first kappa shape index (κ1) is 15.0. The molecule has 4 rings (SSSR count). The molecule has 2 heterocycles. The maximum absolute atomic E-state index is 6.20. The smallest absolute Gasteiger partial charge is 0.176 e. The van der Waals surface area contributed by atoms with Crippen molar-refractivity contribution in [2.75, 3.05) is 7.11 Å². The molecule has 1 aliphatic carbocycles. The Hall–Kier alpha value is -2.55. The minimum atomic E-state index is 0.555. The lowest BCUT2D eigenvalue weighted by atomic mass is 10.0. The maximum Gasteiger partial charge on any atom is 0.176 e. The largest absolute Gasteiger partial charge is 0.493 e. The van der Waals surface area contributed by atoms with Crippen molar-refractivity contribution in [1.82, 2.24) is 4.98 Å². The predicted molar refractivity (Wildman–Crippen MR) is 97.1 cm³/mol. The highest BCUT2D eigenvalue weighted by molar-refractivity contribution is 5.93. The molecule has 122 valence electrons. The summed E-state index contributed by atoms with van der Waals surface area (Å²) in [5.74, 6) is 2.46. The summed E-state index contributed by atoms with van der Waals surface area (Å²) in [5.41, 5.74) is 3.14. The number of rotatable bonds is 4. The molecule has 24 heavy (non-hydrogen) atoms. The van der Waals surface area contributed by atoms with Crippen LogP contribution in [0.25, 0.3) is 23.1 Å². The van der Waals surface area contributed by atoms with Crippen LogP contribution < -0.4 is 4.74 Å². The summed E-state index contributed by atoms with van der Waals surface area (Å²) in [5, 5.41) is 1.13. The van der Waals surface area contributed by atoms with Crippen LogP contribution in [0.4, 0.5) is 0 Å². The Morgan fingerprint density at radius 1 is 1.08 bits per heavy atom. The highest BCUT2D eigenvalue weighted by atomic mass is 16.5. The van der Waals surface area contributed by atoms with Crippen LogP contribution >= 0.6 is 0 Å². The summed E-state index contributed by atoms with van der Waals surface area (Å²) in [7, 11) is 1.69. The average molecular weight is 319 g/mol. The first-order valence-corrected chi connectivity index (χ1v) is 8.53. The molecule has 3 heteroatoms. The lowest BCUT2D eigenvalue weighted by Crippen LogP contribution is -1.87. The van der Waals surface area contributed by atoms with Gasteiger partial charge in [0.05, 0.1) is 7.11 Å². The van der Waals surface area contributed by atoms with E-state index >= 15 is 0 Å². The van der Waals surface area contributed by atoms with Crippen LogP contribution in [0.15, 0.2) is 47.1 Å². The summed E-state index contributed by atoms with van der Waals surface area (Å²) < 4.78 is 11.7. The van der Waals surface area contributed by atoms with E-state index in [0.717, 1.165) is 33.6 Å². The van der Waals surface area contributed by atoms with Crippen molar-refractivity contribution in [3.63, 3.8) is 0 Å².